The minimum absolute atomic E-state index is 0.552. The summed E-state index contributed by atoms with van der Waals surface area (Å²) >= 11 is 1.80. The molecule has 2 aromatic rings. The lowest BCUT2D eigenvalue weighted by Crippen LogP contribution is -2.36. The van der Waals surface area contributed by atoms with E-state index in [1.54, 1.807) is 11.3 Å². The van der Waals surface area contributed by atoms with Crippen molar-refractivity contribution in [1.29, 1.82) is 0 Å². The molecular weight excluding hydrogens is 290 g/mol. The molecule has 0 saturated carbocycles. The summed E-state index contributed by atoms with van der Waals surface area (Å²) in [6.45, 7) is 6.43. The van der Waals surface area contributed by atoms with Crippen molar-refractivity contribution in [2.75, 3.05) is 25.5 Å². The van der Waals surface area contributed by atoms with Gasteiger partial charge in [0.1, 0.15) is 0 Å². The SMILES string of the molecule is CC#Cc1sc2c(NC3CCN(C)CC3)cncc2c1CC. The zero-order valence-electron chi connectivity index (χ0n) is 13.6. The third-order valence-electron chi connectivity index (χ3n) is 4.37. The second-order valence-corrected chi connectivity index (χ2v) is 6.94. The lowest BCUT2D eigenvalue weighted by Gasteiger charge is -2.30. The fraction of sp³-hybridized carbons (Fsp3) is 0.500. The highest BCUT2D eigenvalue weighted by Gasteiger charge is 2.19. The summed E-state index contributed by atoms with van der Waals surface area (Å²) < 4.78 is 1.31. The van der Waals surface area contributed by atoms with E-state index in [1.165, 1.54) is 39.1 Å². The van der Waals surface area contributed by atoms with E-state index in [-0.39, 0.29) is 0 Å². The lowest BCUT2D eigenvalue weighted by atomic mass is 10.0. The van der Waals surface area contributed by atoms with Crippen molar-refractivity contribution in [2.45, 2.75) is 39.2 Å². The maximum Gasteiger partial charge on any atom is 0.0814 e. The van der Waals surface area contributed by atoms with Gasteiger partial charge in [0.05, 0.1) is 21.5 Å². The number of nitrogens with zero attached hydrogens (tertiary/aromatic N) is 2. The van der Waals surface area contributed by atoms with E-state index in [4.69, 9.17) is 0 Å². The Hall–Kier alpha value is -1.57. The van der Waals surface area contributed by atoms with Gasteiger partial charge < -0.3 is 10.2 Å². The quantitative estimate of drug-likeness (QED) is 0.875. The van der Waals surface area contributed by atoms with Crippen LogP contribution < -0.4 is 5.32 Å². The van der Waals surface area contributed by atoms with Gasteiger partial charge in [-0.05, 0) is 51.9 Å². The Morgan fingerprint density at radius 1 is 1.36 bits per heavy atom. The van der Waals surface area contributed by atoms with Crippen LogP contribution in [0.2, 0.25) is 0 Å². The molecular formula is C18H23N3S. The number of hydrogen-bond acceptors (Lipinski definition) is 4. The predicted octanol–water partition coefficient (Wildman–Crippen LogP) is 3.74. The van der Waals surface area contributed by atoms with E-state index in [9.17, 15) is 0 Å². The fourth-order valence-electron chi connectivity index (χ4n) is 3.10. The van der Waals surface area contributed by atoms with E-state index >= 15 is 0 Å². The van der Waals surface area contributed by atoms with Crippen LogP contribution in [0.3, 0.4) is 0 Å². The van der Waals surface area contributed by atoms with Crippen LogP contribution in [-0.4, -0.2) is 36.1 Å². The van der Waals surface area contributed by atoms with E-state index < -0.39 is 0 Å². The average molecular weight is 313 g/mol. The second-order valence-electron chi connectivity index (χ2n) is 5.92. The molecule has 116 valence electrons. The summed E-state index contributed by atoms with van der Waals surface area (Å²) in [4.78, 5) is 8.05. The molecule has 0 unspecified atom stereocenters. The predicted molar refractivity (Wildman–Crippen MR) is 95.7 cm³/mol. The lowest BCUT2D eigenvalue weighted by molar-refractivity contribution is 0.264. The topological polar surface area (TPSA) is 28.2 Å². The highest BCUT2D eigenvalue weighted by molar-refractivity contribution is 7.20. The zero-order chi connectivity index (χ0) is 15.5. The summed E-state index contributed by atoms with van der Waals surface area (Å²) in [5.74, 6) is 6.30. The maximum absolute atomic E-state index is 4.46. The Labute approximate surface area is 136 Å². The smallest absolute Gasteiger partial charge is 0.0814 e. The number of aryl methyl sites for hydroxylation is 1. The Kier molecular flexibility index (Phi) is 4.66. The zero-order valence-corrected chi connectivity index (χ0v) is 14.4. The minimum Gasteiger partial charge on any atom is -0.380 e. The molecule has 1 fully saturated rings. The van der Waals surface area contributed by atoms with Crippen LogP contribution >= 0.6 is 11.3 Å². The van der Waals surface area contributed by atoms with Crippen LogP contribution in [0.15, 0.2) is 12.4 Å². The Morgan fingerprint density at radius 3 is 2.82 bits per heavy atom. The van der Waals surface area contributed by atoms with E-state index in [1.807, 2.05) is 19.3 Å². The number of hydrogen-bond donors (Lipinski definition) is 1. The summed E-state index contributed by atoms with van der Waals surface area (Å²) in [7, 11) is 2.20. The van der Waals surface area contributed by atoms with Crippen molar-refractivity contribution in [3.8, 4) is 11.8 Å². The first-order valence-electron chi connectivity index (χ1n) is 8.00. The highest BCUT2D eigenvalue weighted by Crippen LogP contribution is 2.36. The Bertz CT molecular complexity index is 715. The summed E-state index contributed by atoms with van der Waals surface area (Å²) in [5, 5.41) is 4.99. The van der Waals surface area contributed by atoms with Crippen LogP contribution in [0.4, 0.5) is 5.69 Å². The number of likely N-dealkylation sites (tertiary alicyclic amines) is 1. The van der Waals surface area contributed by atoms with Gasteiger partial charge in [-0.2, -0.15) is 0 Å². The molecule has 3 rings (SSSR count). The Balaban J connectivity index is 1.94. The van der Waals surface area contributed by atoms with Crippen LogP contribution in [-0.2, 0) is 6.42 Å². The molecule has 3 heterocycles. The number of thiophene rings is 1. The normalized spacial score (nSPS) is 16.5. The number of piperidine rings is 1. The van der Waals surface area contributed by atoms with Gasteiger partial charge in [-0.25, -0.2) is 0 Å². The van der Waals surface area contributed by atoms with Crippen molar-refractivity contribution < 1.29 is 0 Å². The molecule has 3 nitrogen and oxygen atoms in total. The molecule has 1 aliphatic heterocycles. The summed E-state index contributed by atoms with van der Waals surface area (Å²) in [5.41, 5.74) is 2.52. The van der Waals surface area contributed by atoms with Crippen molar-refractivity contribution in [2.24, 2.45) is 0 Å². The molecule has 1 saturated heterocycles. The molecule has 0 atom stereocenters. The standard InChI is InChI=1S/C18H23N3S/c1-4-6-17-14(5-2)15-11-19-12-16(18(15)22-17)20-13-7-9-21(3)10-8-13/h11-13,20H,5,7-10H2,1-3H3. The summed E-state index contributed by atoms with van der Waals surface area (Å²) in [6, 6.07) is 0.552. The van der Waals surface area contributed by atoms with Gasteiger partial charge in [-0.15, -0.1) is 17.3 Å². The summed E-state index contributed by atoms with van der Waals surface area (Å²) in [6.07, 6.45) is 7.36. The molecule has 0 amide bonds. The van der Waals surface area contributed by atoms with Crippen molar-refractivity contribution in [3.63, 3.8) is 0 Å². The van der Waals surface area contributed by atoms with E-state index in [0.29, 0.717) is 6.04 Å². The first-order chi connectivity index (χ1) is 10.7. The molecule has 0 aliphatic carbocycles. The third kappa shape index (κ3) is 2.97. The van der Waals surface area contributed by atoms with Crippen molar-refractivity contribution in [1.82, 2.24) is 9.88 Å². The van der Waals surface area contributed by atoms with Gasteiger partial charge in [-0.1, -0.05) is 12.8 Å². The van der Waals surface area contributed by atoms with Crippen molar-refractivity contribution >= 4 is 27.1 Å². The average Bonchev–Trinajstić information content (AvgIpc) is 2.88. The largest absolute Gasteiger partial charge is 0.380 e. The molecule has 0 radical (unpaired) electrons. The third-order valence-corrected chi connectivity index (χ3v) is 5.57. The number of rotatable bonds is 3. The van der Waals surface area contributed by atoms with Gasteiger partial charge in [0.15, 0.2) is 0 Å². The number of nitrogens with one attached hydrogen (secondary N) is 1. The van der Waals surface area contributed by atoms with Crippen LogP contribution in [0.25, 0.3) is 10.1 Å². The van der Waals surface area contributed by atoms with Gasteiger partial charge in [0, 0.05) is 17.6 Å². The molecule has 0 spiro atoms. The number of fused-ring (bicyclic) bond motifs is 1. The van der Waals surface area contributed by atoms with Crippen LogP contribution in [0.1, 0.15) is 37.1 Å². The first-order valence-corrected chi connectivity index (χ1v) is 8.81. The number of aromatic nitrogens is 1. The molecule has 2 aromatic heterocycles. The van der Waals surface area contributed by atoms with E-state index in [0.717, 1.165) is 19.5 Å². The first kappa shape index (κ1) is 15.3. The van der Waals surface area contributed by atoms with Crippen LogP contribution in [0.5, 0.6) is 0 Å². The number of anilines is 1. The monoisotopic (exact) mass is 313 g/mol. The fourth-order valence-corrected chi connectivity index (χ4v) is 4.34. The molecule has 22 heavy (non-hydrogen) atoms. The highest BCUT2D eigenvalue weighted by atomic mass is 32.1. The van der Waals surface area contributed by atoms with Gasteiger partial charge in [0.2, 0.25) is 0 Å². The van der Waals surface area contributed by atoms with Crippen LogP contribution in [0, 0.1) is 11.8 Å². The molecule has 4 heteroatoms. The van der Waals surface area contributed by atoms with Crippen molar-refractivity contribution in [3.05, 3.63) is 22.8 Å². The van der Waals surface area contributed by atoms with Gasteiger partial charge in [-0.3, -0.25) is 4.98 Å². The second kappa shape index (κ2) is 6.68. The molecule has 0 aromatic carbocycles. The molecule has 1 N–H and O–H groups in total. The molecule has 0 bridgehead atoms. The van der Waals surface area contributed by atoms with E-state index in [2.05, 4.69) is 41.0 Å². The van der Waals surface area contributed by atoms with Gasteiger partial charge in [0.25, 0.3) is 0 Å². The minimum atomic E-state index is 0.552. The van der Waals surface area contributed by atoms with Gasteiger partial charge >= 0.3 is 0 Å². The molecule has 1 aliphatic rings. The maximum atomic E-state index is 4.46. The number of pyridine rings is 1. The Morgan fingerprint density at radius 2 is 2.14 bits per heavy atom.